The fourth-order valence-electron chi connectivity index (χ4n) is 2.96. The van der Waals surface area contributed by atoms with Crippen molar-refractivity contribution in [2.75, 3.05) is 18.4 Å². The van der Waals surface area contributed by atoms with Crippen LogP contribution in [0.4, 0.5) is 25.0 Å². The first kappa shape index (κ1) is 22.8. The highest BCUT2D eigenvalue weighted by Crippen LogP contribution is 2.22. The molecule has 168 valence electrons. The van der Waals surface area contributed by atoms with Gasteiger partial charge in [-0.1, -0.05) is 31.1 Å². The van der Waals surface area contributed by atoms with Crippen LogP contribution in [0.1, 0.15) is 19.7 Å². The fourth-order valence-corrected chi connectivity index (χ4v) is 2.96. The van der Waals surface area contributed by atoms with Crippen molar-refractivity contribution in [3.05, 3.63) is 70.1 Å². The number of nitrogens with one attached hydrogen (secondary N) is 1. The number of hydrogen-bond acceptors (Lipinski definition) is 6. The number of anilines is 1. The first-order valence-electron chi connectivity index (χ1n) is 9.81. The van der Waals surface area contributed by atoms with Crippen LogP contribution in [0.5, 0.6) is 0 Å². The summed E-state index contributed by atoms with van der Waals surface area (Å²) < 4.78 is 32.2. The van der Waals surface area contributed by atoms with E-state index in [-0.39, 0.29) is 42.0 Å². The molecule has 2 aromatic carbocycles. The summed E-state index contributed by atoms with van der Waals surface area (Å²) in [6.45, 7) is 4.42. The summed E-state index contributed by atoms with van der Waals surface area (Å²) in [7, 11) is 0. The van der Waals surface area contributed by atoms with Crippen molar-refractivity contribution < 1.29 is 23.0 Å². The lowest BCUT2D eigenvalue weighted by atomic mass is 10.2. The summed E-state index contributed by atoms with van der Waals surface area (Å²) >= 11 is 0. The molecule has 11 heteroatoms. The maximum absolute atomic E-state index is 13.9. The number of aromatic nitrogens is 2. The summed E-state index contributed by atoms with van der Waals surface area (Å²) in [6, 6.07) is 8.18. The largest absolute Gasteiger partial charge is 0.339 e. The number of nitrogens with zero attached hydrogens (tertiary/aromatic N) is 4. The zero-order valence-corrected chi connectivity index (χ0v) is 17.4. The first-order valence-corrected chi connectivity index (χ1v) is 9.81. The molecule has 0 bridgehead atoms. The van der Waals surface area contributed by atoms with Gasteiger partial charge in [-0.3, -0.25) is 10.1 Å². The van der Waals surface area contributed by atoms with Gasteiger partial charge in [-0.25, -0.2) is 13.6 Å². The summed E-state index contributed by atoms with van der Waals surface area (Å²) in [5, 5.41) is 17.2. The highest BCUT2D eigenvalue weighted by Gasteiger charge is 2.19. The summed E-state index contributed by atoms with van der Waals surface area (Å²) in [4.78, 5) is 28.8. The number of halogens is 2. The third-order valence-corrected chi connectivity index (χ3v) is 4.42. The van der Waals surface area contributed by atoms with Crippen molar-refractivity contribution >= 4 is 17.4 Å². The Morgan fingerprint density at radius 3 is 2.72 bits per heavy atom. The third-order valence-electron chi connectivity index (χ3n) is 4.42. The lowest BCUT2D eigenvalue weighted by Crippen LogP contribution is -2.39. The van der Waals surface area contributed by atoms with E-state index in [0.717, 1.165) is 12.1 Å². The molecule has 1 aromatic heterocycles. The topological polar surface area (TPSA) is 114 Å². The molecule has 32 heavy (non-hydrogen) atoms. The van der Waals surface area contributed by atoms with Crippen LogP contribution in [0.3, 0.4) is 0 Å². The van der Waals surface area contributed by atoms with Gasteiger partial charge in [0.25, 0.3) is 5.69 Å². The Morgan fingerprint density at radius 1 is 1.25 bits per heavy atom. The number of nitro benzene ring substituents is 1. The van der Waals surface area contributed by atoms with Crippen LogP contribution in [0.25, 0.3) is 11.4 Å². The zero-order chi connectivity index (χ0) is 23.3. The Morgan fingerprint density at radius 2 is 2.03 bits per heavy atom. The number of rotatable bonds is 8. The fraction of sp³-hybridized carbons (Fsp3) is 0.286. The van der Waals surface area contributed by atoms with E-state index in [0.29, 0.717) is 18.2 Å². The van der Waals surface area contributed by atoms with E-state index in [4.69, 9.17) is 4.52 Å². The van der Waals surface area contributed by atoms with Crippen LogP contribution in [0.2, 0.25) is 0 Å². The third kappa shape index (κ3) is 5.84. The molecular weight excluding hydrogens is 424 g/mol. The van der Waals surface area contributed by atoms with E-state index in [1.807, 2.05) is 13.8 Å². The van der Waals surface area contributed by atoms with E-state index in [1.165, 1.54) is 23.1 Å². The molecule has 0 fully saturated rings. The minimum Gasteiger partial charge on any atom is -0.339 e. The maximum Gasteiger partial charge on any atom is 0.321 e. The Balaban J connectivity index is 1.68. The van der Waals surface area contributed by atoms with Crippen molar-refractivity contribution in [1.29, 1.82) is 0 Å². The Labute approximate surface area is 182 Å². The first-order chi connectivity index (χ1) is 15.2. The second-order valence-electron chi connectivity index (χ2n) is 7.46. The Bertz CT molecular complexity index is 1120. The highest BCUT2D eigenvalue weighted by molar-refractivity contribution is 5.89. The van der Waals surface area contributed by atoms with E-state index >= 15 is 0 Å². The molecule has 2 amide bonds. The minimum absolute atomic E-state index is 0.0957. The van der Waals surface area contributed by atoms with E-state index in [9.17, 15) is 23.7 Å². The van der Waals surface area contributed by atoms with Crippen molar-refractivity contribution in [2.24, 2.45) is 5.92 Å². The van der Waals surface area contributed by atoms with Crippen molar-refractivity contribution in [2.45, 2.75) is 20.3 Å². The van der Waals surface area contributed by atoms with Gasteiger partial charge in [0.15, 0.2) is 0 Å². The predicted molar refractivity (Wildman–Crippen MR) is 112 cm³/mol. The van der Waals surface area contributed by atoms with Crippen LogP contribution in [-0.2, 0) is 6.42 Å². The molecule has 0 aliphatic carbocycles. The van der Waals surface area contributed by atoms with Gasteiger partial charge in [0.1, 0.15) is 11.6 Å². The SMILES string of the molecule is CC(C)CN(CCc1nc(-c2cccc([N+](=O)[O-])c2)no1)C(=O)Nc1ccc(F)cc1F. The summed E-state index contributed by atoms with van der Waals surface area (Å²) in [5.74, 6) is -1.06. The van der Waals surface area contributed by atoms with Gasteiger partial charge in [0.05, 0.1) is 10.6 Å². The van der Waals surface area contributed by atoms with Gasteiger partial charge in [0, 0.05) is 43.3 Å². The van der Waals surface area contributed by atoms with E-state index in [2.05, 4.69) is 15.5 Å². The van der Waals surface area contributed by atoms with Gasteiger partial charge >= 0.3 is 6.03 Å². The predicted octanol–water partition coefficient (Wildman–Crippen LogP) is 4.66. The molecule has 0 aliphatic heterocycles. The number of non-ortho nitro benzene ring substituents is 1. The van der Waals surface area contributed by atoms with E-state index < -0.39 is 22.6 Å². The van der Waals surface area contributed by atoms with Gasteiger partial charge in [-0.15, -0.1) is 0 Å². The lowest BCUT2D eigenvalue weighted by molar-refractivity contribution is -0.384. The molecular formula is C21H21F2N5O4. The normalized spacial score (nSPS) is 10.9. The lowest BCUT2D eigenvalue weighted by Gasteiger charge is -2.24. The Kier molecular flexibility index (Phi) is 7.08. The number of carbonyl (C=O) groups is 1. The van der Waals surface area contributed by atoms with Gasteiger partial charge in [-0.05, 0) is 18.1 Å². The van der Waals surface area contributed by atoms with Gasteiger partial charge in [0.2, 0.25) is 11.7 Å². The molecule has 1 heterocycles. The molecule has 3 aromatic rings. The molecule has 9 nitrogen and oxygen atoms in total. The number of benzene rings is 2. The molecule has 0 saturated carbocycles. The van der Waals surface area contributed by atoms with Crippen molar-refractivity contribution in [3.63, 3.8) is 0 Å². The summed E-state index contributed by atoms with van der Waals surface area (Å²) in [5.41, 5.74) is 0.204. The van der Waals surface area contributed by atoms with Crippen LogP contribution in [0.15, 0.2) is 47.0 Å². The highest BCUT2D eigenvalue weighted by atomic mass is 19.1. The number of carbonyl (C=O) groups excluding carboxylic acids is 1. The van der Waals surface area contributed by atoms with Crippen LogP contribution < -0.4 is 5.32 Å². The van der Waals surface area contributed by atoms with Gasteiger partial charge in [-0.2, -0.15) is 4.98 Å². The monoisotopic (exact) mass is 445 g/mol. The number of hydrogen-bond donors (Lipinski definition) is 1. The molecule has 3 rings (SSSR count). The van der Waals surface area contributed by atoms with Crippen LogP contribution in [0, 0.1) is 27.7 Å². The van der Waals surface area contributed by atoms with E-state index in [1.54, 1.807) is 6.07 Å². The average molecular weight is 445 g/mol. The number of nitro groups is 1. The maximum atomic E-state index is 13.9. The number of amides is 2. The summed E-state index contributed by atoms with van der Waals surface area (Å²) in [6.07, 6.45) is 0.216. The average Bonchev–Trinajstić information content (AvgIpc) is 3.22. The molecule has 0 atom stereocenters. The quantitative estimate of drug-likeness (QED) is 0.399. The zero-order valence-electron chi connectivity index (χ0n) is 17.4. The number of urea groups is 1. The second-order valence-corrected chi connectivity index (χ2v) is 7.46. The van der Waals surface area contributed by atoms with Crippen molar-refractivity contribution in [3.8, 4) is 11.4 Å². The minimum atomic E-state index is -0.874. The smallest absolute Gasteiger partial charge is 0.321 e. The van der Waals surface area contributed by atoms with Crippen molar-refractivity contribution in [1.82, 2.24) is 15.0 Å². The molecule has 0 spiro atoms. The molecule has 0 unspecified atom stereocenters. The second kappa shape index (κ2) is 9.94. The molecule has 0 radical (unpaired) electrons. The molecule has 1 N–H and O–H groups in total. The standard InChI is InChI=1S/C21H21F2N5O4/c1-13(2)12-27(21(29)24-18-7-6-15(22)11-17(18)23)9-8-19-25-20(26-32-19)14-4-3-5-16(10-14)28(30)31/h3-7,10-11,13H,8-9,12H2,1-2H3,(H,24,29). The molecule has 0 saturated heterocycles. The van der Waals surface area contributed by atoms with Crippen LogP contribution >= 0.6 is 0 Å². The molecule has 0 aliphatic rings. The van der Waals surface area contributed by atoms with Gasteiger partial charge < -0.3 is 14.7 Å². The Hall–Kier alpha value is -3.89. The van der Waals surface area contributed by atoms with Crippen LogP contribution in [-0.4, -0.2) is 39.1 Å².